The highest BCUT2D eigenvalue weighted by atomic mass is 35.5. The fraction of sp³-hybridized carbons (Fsp3) is 0.185. The van der Waals surface area contributed by atoms with Crippen molar-refractivity contribution in [3.05, 3.63) is 107 Å². The van der Waals surface area contributed by atoms with Crippen LogP contribution in [-0.2, 0) is 4.79 Å². The second kappa shape index (κ2) is 10.5. The second-order valence-corrected chi connectivity index (χ2v) is 9.45. The van der Waals surface area contributed by atoms with Crippen LogP contribution in [0.2, 0.25) is 5.02 Å². The predicted molar refractivity (Wildman–Crippen MR) is 145 cm³/mol. The summed E-state index contributed by atoms with van der Waals surface area (Å²) in [5.41, 5.74) is 3.72. The molecule has 4 aromatic rings. The quantitative estimate of drug-likeness (QED) is 0.328. The van der Waals surface area contributed by atoms with E-state index in [4.69, 9.17) is 23.8 Å². The molecule has 7 nitrogen and oxygen atoms in total. The molecule has 1 aliphatic heterocycles. The van der Waals surface area contributed by atoms with Gasteiger partial charge in [-0.05, 0) is 73.2 Å². The first kappa shape index (κ1) is 24.0. The van der Waals surface area contributed by atoms with Gasteiger partial charge in [0.25, 0.3) is 0 Å². The number of nitrogens with zero attached hydrogens (tertiary/aromatic N) is 4. The molecule has 2 N–H and O–H groups in total. The molecule has 3 aromatic heterocycles. The number of carbonyl (C=O) groups is 1. The number of aromatic nitrogens is 3. The molecule has 182 valence electrons. The van der Waals surface area contributed by atoms with Gasteiger partial charge in [-0.25, -0.2) is 4.98 Å². The van der Waals surface area contributed by atoms with Crippen molar-refractivity contribution in [2.45, 2.75) is 25.4 Å². The fourth-order valence-electron chi connectivity index (χ4n) is 4.49. The van der Waals surface area contributed by atoms with Gasteiger partial charge in [0.05, 0.1) is 22.8 Å². The minimum atomic E-state index is -0.202. The van der Waals surface area contributed by atoms with Crippen molar-refractivity contribution in [2.24, 2.45) is 0 Å². The van der Waals surface area contributed by atoms with Crippen LogP contribution in [0.3, 0.4) is 0 Å². The van der Waals surface area contributed by atoms with E-state index >= 15 is 0 Å². The van der Waals surface area contributed by atoms with Gasteiger partial charge in [0.1, 0.15) is 5.82 Å². The van der Waals surface area contributed by atoms with E-state index in [1.54, 1.807) is 12.4 Å². The van der Waals surface area contributed by atoms with E-state index in [-0.39, 0.29) is 24.4 Å². The van der Waals surface area contributed by atoms with Crippen molar-refractivity contribution in [2.75, 3.05) is 11.9 Å². The van der Waals surface area contributed by atoms with Gasteiger partial charge in [-0.3, -0.25) is 9.78 Å². The highest BCUT2D eigenvalue weighted by Crippen LogP contribution is 2.39. The Morgan fingerprint density at radius 1 is 1.11 bits per heavy atom. The Hall–Kier alpha value is -3.75. The molecular weight excluding hydrogens is 492 g/mol. The maximum atomic E-state index is 12.8. The molecule has 0 bridgehead atoms. The Morgan fingerprint density at radius 2 is 2.00 bits per heavy atom. The summed E-state index contributed by atoms with van der Waals surface area (Å²) in [6.07, 6.45) is 5.64. The summed E-state index contributed by atoms with van der Waals surface area (Å²) in [5.74, 6) is 0.673. The number of halogens is 1. The second-order valence-electron chi connectivity index (χ2n) is 8.63. The molecule has 0 unspecified atom stereocenters. The third kappa shape index (κ3) is 5.10. The Labute approximate surface area is 220 Å². The molecule has 0 spiro atoms. The smallest absolute Gasteiger partial charge is 0.226 e. The van der Waals surface area contributed by atoms with Crippen LogP contribution < -0.4 is 10.6 Å². The summed E-state index contributed by atoms with van der Waals surface area (Å²) in [5, 5.41) is 7.58. The molecule has 0 radical (unpaired) electrons. The van der Waals surface area contributed by atoms with Crippen molar-refractivity contribution in [3.8, 4) is 5.82 Å². The first-order valence-corrected chi connectivity index (χ1v) is 12.4. The van der Waals surface area contributed by atoms with Crippen LogP contribution in [-0.4, -0.2) is 37.0 Å². The Kier molecular flexibility index (Phi) is 6.97. The minimum Gasteiger partial charge on any atom is -0.352 e. The number of carbonyl (C=O) groups excluding carboxylic acids is 1. The first-order chi connectivity index (χ1) is 17.5. The highest BCUT2D eigenvalue weighted by Gasteiger charge is 2.41. The molecule has 1 aromatic carbocycles. The largest absolute Gasteiger partial charge is 0.352 e. The van der Waals surface area contributed by atoms with E-state index in [1.807, 2.05) is 84.4 Å². The number of hydrogen-bond acceptors (Lipinski definition) is 4. The molecule has 5 rings (SSSR count). The monoisotopic (exact) mass is 516 g/mol. The Bertz CT molecular complexity index is 1370. The number of anilines is 1. The number of thiocarbonyl (C=S) groups is 1. The lowest BCUT2D eigenvalue weighted by molar-refractivity contribution is -0.116. The third-order valence-electron chi connectivity index (χ3n) is 6.12. The first-order valence-electron chi connectivity index (χ1n) is 11.6. The standard InChI is InChI=1S/C27H25ClN6OS/c1-18-6-4-7-20(16-18)31-24(35)12-15-34-26(25(32-27(34)36)21-8-2-3-13-29-21)22-9-5-14-33(22)23-11-10-19(28)17-30-23/h2-11,13-14,16-17,25-26H,12,15H2,1H3,(H,31,35)(H,32,36)/t25-,26-/m1/s1. The fourth-order valence-corrected chi connectivity index (χ4v) is 4.93. The lowest BCUT2D eigenvalue weighted by Gasteiger charge is -2.28. The zero-order chi connectivity index (χ0) is 25.1. The maximum Gasteiger partial charge on any atom is 0.226 e. The van der Waals surface area contributed by atoms with Gasteiger partial charge in [-0.1, -0.05) is 29.8 Å². The van der Waals surface area contributed by atoms with Gasteiger partial charge in [0.2, 0.25) is 5.91 Å². The van der Waals surface area contributed by atoms with Crippen molar-refractivity contribution >= 4 is 40.5 Å². The summed E-state index contributed by atoms with van der Waals surface area (Å²) in [6, 6.07) is 20.9. The molecular formula is C27H25ClN6OS. The maximum absolute atomic E-state index is 12.8. The van der Waals surface area contributed by atoms with Gasteiger partial charge in [-0.2, -0.15) is 0 Å². The van der Waals surface area contributed by atoms with Gasteiger partial charge in [0.15, 0.2) is 5.11 Å². The van der Waals surface area contributed by atoms with E-state index in [9.17, 15) is 4.79 Å². The number of benzene rings is 1. The van der Waals surface area contributed by atoms with E-state index in [0.29, 0.717) is 16.7 Å². The molecule has 1 amide bonds. The van der Waals surface area contributed by atoms with Crippen LogP contribution in [0.1, 0.15) is 35.5 Å². The van der Waals surface area contributed by atoms with Crippen molar-refractivity contribution < 1.29 is 4.79 Å². The summed E-state index contributed by atoms with van der Waals surface area (Å²) in [4.78, 5) is 24.0. The van der Waals surface area contributed by atoms with Crippen molar-refractivity contribution in [1.29, 1.82) is 0 Å². The SMILES string of the molecule is Cc1cccc(NC(=O)CCN2C(=S)N[C@H](c3ccccn3)[C@H]2c2cccn2-c2ccc(Cl)cn2)c1. The summed E-state index contributed by atoms with van der Waals surface area (Å²) >= 11 is 11.8. The molecule has 4 heterocycles. The third-order valence-corrected chi connectivity index (χ3v) is 6.70. The van der Waals surface area contributed by atoms with E-state index in [0.717, 1.165) is 28.5 Å². The molecule has 0 aliphatic carbocycles. The van der Waals surface area contributed by atoms with Crippen LogP contribution in [0.5, 0.6) is 0 Å². The van der Waals surface area contributed by atoms with E-state index in [1.165, 1.54) is 0 Å². The lowest BCUT2D eigenvalue weighted by atomic mass is 10.0. The number of aryl methyl sites for hydroxylation is 1. The highest BCUT2D eigenvalue weighted by molar-refractivity contribution is 7.80. The van der Waals surface area contributed by atoms with Crippen molar-refractivity contribution in [3.63, 3.8) is 0 Å². The van der Waals surface area contributed by atoms with Crippen LogP contribution in [0.4, 0.5) is 5.69 Å². The lowest BCUT2D eigenvalue weighted by Crippen LogP contribution is -2.33. The van der Waals surface area contributed by atoms with E-state index < -0.39 is 0 Å². The zero-order valence-electron chi connectivity index (χ0n) is 19.6. The summed E-state index contributed by atoms with van der Waals surface area (Å²) in [6.45, 7) is 2.44. The average Bonchev–Trinajstić information content (AvgIpc) is 3.48. The minimum absolute atomic E-state index is 0.0711. The number of hydrogen-bond donors (Lipinski definition) is 2. The number of nitrogens with one attached hydrogen (secondary N) is 2. The van der Waals surface area contributed by atoms with Crippen LogP contribution >= 0.6 is 23.8 Å². The van der Waals surface area contributed by atoms with E-state index in [2.05, 4.69) is 25.5 Å². The topological polar surface area (TPSA) is 75.1 Å². The van der Waals surface area contributed by atoms with Crippen molar-refractivity contribution in [1.82, 2.24) is 24.8 Å². The molecule has 2 atom stereocenters. The number of pyridine rings is 2. The zero-order valence-corrected chi connectivity index (χ0v) is 21.2. The van der Waals surface area contributed by atoms with Crippen LogP contribution in [0.15, 0.2) is 85.3 Å². The van der Waals surface area contributed by atoms with Gasteiger partial charge >= 0.3 is 0 Å². The molecule has 36 heavy (non-hydrogen) atoms. The molecule has 1 saturated heterocycles. The Balaban J connectivity index is 1.44. The number of rotatable bonds is 7. The average molecular weight is 517 g/mol. The Morgan fingerprint density at radius 3 is 2.75 bits per heavy atom. The predicted octanol–water partition coefficient (Wildman–Crippen LogP) is 5.23. The van der Waals surface area contributed by atoms with Crippen LogP contribution in [0, 0.1) is 6.92 Å². The molecule has 0 saturated carbocycles. The van der Waals surface area contributed by atoms with Gasteiger partial charge in [-0.15, -0.1) is 0 Å². The normalized spacial score (nSPS) is 17.2. The van der Waals surface area contributed by atoms with Gasteiger partial charge < -0.3 is 20.1 Å². The summed E-state index contributed by atoms with van der Waals surface area (Å²) < 4.78 is 2.02. The number of amides is 1. The van der Waals surface area contributed by atoms with Gasteiger partial charge in [0, 0.05) is 42.9 Å². The molecule has 1 aliphatic rings. The molecule has 1 fully saturated rings. The van der Waals surface area contributed by atoms with Crippen LogP contribution in [0.25, 0.3) is 5.82 Å². The molecule has 9 heteroatoms. The summed E-state index contributed by atoms with van der Waals surface area (Å²) in [7, 11) is 0.